The lowest BCUT2D eigenvalue weighted by Crippen LogP contribution is -2.03. The molecule has 152 valence electrons. The molecule has 0 bridgehead atoms. The summed E-state index contributed by atoms with van der Waals surface area (Å²) in [6, 6.07) is 33.1. The molecule has 0 aliphatic heterocycles. The van der Waals surface area contributed by atoms with E-state index in [1.807, 2.05) is 0 Å². The molecule has 0 saturated heterocycles. The number of nitrogens with one attached hydrogen (secondary N) is 2. The van der Waals surface area contributed by atoms with E-state index in [-0.39, 0.29) is 5.92 Å². The van der Waals surface area contributed by atoms with Gasteiger partial charge in [-0.3, -0.25) is 0 Å². The average molecular weight is 411 g/mol. The third kappa shape index (κ3) is 2.53. The zero-order chi connectivity index (χ0) is 21.1. The molecule has 2 N–H and O–H groups in total. The van der Waals surface area contributed by atoms with Crippen molar-refractivity contribution in [1.82, 2.24) is 9.97 Å². The first-order chi connectivity index (χ1) is 15.9. The van der Waals surface area contributed by atoms with Gasteiger partial charge < -0.3 is 9.97 Å². The fourth-order valence-electron chi connectivity index (χ4n) is 5.51. The maximum absolute atomic E-state index is 3.51. The van der Waals surface area contributed by atoms with Crippen LogP contribution in [0, 0.1) is 0 Å². The van der Waals surface area contributed by atoms with E-state index in [9.17, 15) is 0 Å². The van der Waals surface area contributed by atoms with Crippen molar-refractivity contribution in [3.8, 4) is 11.1 Å². The Balaban J connectivity index is 1.49. The lowest BCUT2D eigenvalue weighted by molar-refractivity contribution is 0.997. The van der Waals surface area contributed by atoms with Gasteiger partial charge in [-0.05, 0) is 63.6 Å². The third-order valence-electron chi connectivity index (χ3n) is 7.02. The summed E-state index contributed by atoms with van der Waals surface area (Å²) in [5.74, 6) is 0.139. The van der Waals surface area contributed by atoms with Gasteiger partial charge >= 0.3 is 0 Å². The smallest absolute Gasteiger partial charge is 0.0457 e. The van der Waals surface area contributed by atoms with Crippen LogP contribution in [0.2, 0.25) is 0 Å². The molecule has 2 heteroatoms. The largest absolute Gasteiger partial charge is 0.361 e. The first-order valence-electron chi connectivity index (χ1n) is 11.2. The van der Waals surface area contributed by atoms with Crippen molar-refractivity contribution >= 4 is 21.8 Å². The number of para-hydroxylation sites is 2. The molecule has 1 aliphatic rings. The van der Waals surface area contributed by atoms with Crippen LogP contribution in [-0.4, -0.2) is 9.97 Å². The Morgan fingerprint density at radius 2 is 1.16 bits per heavy atom. The van der Waals surface area contributed by atoms with Gasteiger partial charge in [-0.25, -0.2) is 0 Å². The molecule has 2 nitrogen and oxygen atoms in total. The first kappa shape index (κ1) is 17.6. The molecule has 0 unspecified atom stereocenters. The van der Waals surface area contributed by atoms with E-state index < -0.39 is 0 Å². The zero-order valence-electron chi connectivity index (χ0n) is 17.6. The van der Waals surface area contributed by atoms with E-state index in [2.05, 4.69) is 113 Å². The first-order valence-corrected chi connectivity index (χ1v) is 11.2. The van der Waals surface area contributed by atoms with Crippen molar-refractivity contribution in [2.75, 3.05) is 0 Å². The van der Waals surface area contributed by atoms with Crippen molar-refractivity contribution in [1.29, 1.82) is 0 Å². The topological polar surface area (TPSA) is 31.6 Å². The van der Waals surface area contributed by atoms with Crippen molar-refractivity contribution in [3.63, 3.8) is 0 Å². The molecule has 1 aliphatic carbocycles. The second kappa shape index (κ2) is 6.73. The molecular formula is C30H22N2. The molecule has 0 spiro atoms. The Morgan fingerprint density at radius 3 is 1.88 bits per heavy atom. The Bertz CT molecular complexity index is 1540. The van der Waals surface area contributed by atoms with Gasteiger partial charge in [-0.2, -0.15) is 0 Å². The number of aromatic nitrogens is 2. The number of rotatable bonds is 3. The summed E-state index contributed by atoms with van der Waals surface area (Å²) in [6.07, 6.45) is 5.41. The molecule has 6 aromatic rings. The number of H-pyrrole nitrogens is 2. The Morgan fingerprint density at radius 1 is 0.562 bits per heavy atom. The molecule has 0 radical (unpaired) electrons. The normalized spacial score (nSPS) is 12.5. The Labute approximate surface area is 186 Å². The molecule has 0 amide bonds. The van der Waals surface area contributed by atoms with Gasteiger partial charge in [0.1, 0.15) is 0 Å². The van der Waals surface area contributed by atoms with Crippen LogP contribution in [0.3, 0.4) is 0 Å². The minimum atomic E-state index is 0.139. The summed E-state index contributed by atoms with van der Waals surface area (Å²) in [5, 5.41) is 2.56. The number of fused-ring (bicyclic) bond motifs is 5. The number of aromatic amines is 2. The van der Waals surface area contributed by atoms with Gasteiger partial charge in [0.2, 0.25) is 0 Å². The lowest BCUT2D eigenvalue weighted by Gasteiger charge is -2.19. The number of hydrogen-bond acceptors (Lipinski definition) is 0. The summed E-state index contributed by atoms with van der Waals surface area (Å²) in [6.45, 7) is 0. The molecule has 2 aromatic heterocycles. The number of hydrogen-bond donors (Lipinski definition) is 2. The van der Waals surface area contributed by atoms with Gasteiger partial charge in [-0.1, -0.05) is 72.8 Å². The molecule has 4 aromatic carbocycles. The van der Waals surface area contributed by atoms with Crippen LogP contribution in [0.1, 0.15) is 33.7 Å². The molecule has 0 atom stereocenters. The fraction of sp³-hybridized carbons (Fsp3) is 0.0667. The maximum Gasteiger partial charge on any atom is 0.0457 e. The SMILES string of the molecule is c1ccc2c(c1)Cc1ccc(C(c3c[nH]c4ccccc34)c3c[nH]c4ccccc34)cc1-2. The minimum Gasteiger partial charge on any atom is -0.361 e. The van der Waals surface area contributed by atoms with Crippen LogP contribution in [0.4, 0.5) is 0 Å². The highest BCUT2D eigenvalue weighted by molar-refractivity contribution is 5.89. The maximum atomic E-state index is 3.51. The summed E-state index contributed by atoms with van der Waals surface area (Å²) in [7, 11) is 0. The van der Waals surface area contributed by atoms with Gasteiger partial charge in [0.05, 0.1) is 0 Å². The lowest BCUT2D eigenvalue weighted by atomic mass is 9.83. The van der Waals surface area contributed by atoms with E-state index in [0.29, 0.717) is 0 Å². The quantitative estimate of drug-likeness (QED) is 0.304. The zero-order valence-corrected chi connectivity index (χ0v) is 17.6. The highest BCUT2D eigenvalue weighted by atomic mass is 14.7. The van der Waals surface area contributed by atoms with Crippen LogP contribution in [0.25, 0.3) is 32.9 Å². The molecular weight excluding hydrogens is 388 g/mol. The Kier molecular flexibility index (Phi) is 3.71. The summed E-state index contributed by atoms with van der Waals surface area (Å²) < 4.78 is 0. The monoisotopic (exact) mass is 410 g/mol. The second-order valence-electron chi connectivity index (χ2n) is 8.76. The van der Waals surface area contributed by atoms with Crippen LogP contribution < -0.4 is 0 Å². The minimum absolute atomic E-state index is 0.139. The molecule has 0 saturated carbocycles. The van der Waals surface area contributed by atoms with E-state index in [1.165, 1.54) is 60.8 Å². The van der Waals surface area contributed by atoms with Crippen molar-refractivity contribution in [2.45, 2.75) is 12.3 Å². The summed E-state index contributed by atoms with van der Waals surface area (Å²) in [4.78, 5) is 7.01. The van der Waals surface area contributed by atoms with Crippen molar-refractivity contribution < 1.29 is 0 Å². The van der Waals surface area contributed by atoms with E-state index in [4.69, 9.17) is 0 Å². The van der Waals surface area contributed by atoms with Crippen molar-refractivity contribution in [2.24, 2.45) is 0 Å². The highest BCUT2D eigenvalue weighted by Crippen LogP contribution is 2.43. The van der Waals surface area contributed by atoms with Gasteiger partial charge in [-0.15, -0.1) is 0 Å². The van der Waals surface area contributed by atoms with E-state index in [1.54, 1.807) is 0 Å². The van der Waals surface area contributed by atoms with Gasteiger partial charge in [0.25, 0.3) is 0 Å². The summed E-state index contributed by atoms with van der Waals surface area (Å²) >= 11 is 0. The van der Waals surface area contributed by atoms with Crippen LogP contribution >= 0.6 is 0 Å². The van der Waals surface area contributed by atoms with Gasteiger partial charge in [0.15, 0.2) is 0 Å². The van der Waals surface area contributed by atoms with E-state index >= 15 is 0 Å². The van der Waals surface area contributed by atoms with Crippen LogP contribution in [-0.2, 0) is 6.42 Å². The standard InChI is InChI=1S/C30H22N2/c1-2-8-22-19(7-1)15-20-13-14-21(16-25(20)22)30(26-17-31-28-11-5-3-9-23(26)28)27-18-32-29-12-6-4-10-24(27)29/h1-14,16-18,30-32H,15H2. The second-order valence-corrected chi connectivity index (χ2v) is 8.76. The van der Waals surface area contributed by atoms with E-state index in [0.717, 1.165) is 6.42 Å². The Hall–Kier alpha value is -4.04. The van der Waals surface area contributed by atoms with Crippen LogP contribution in [0.15, 0.2) is 103 Å². The molecule has 32 heavy (non-hydrogen) atoms. The van der Waals surface area contributed by atoms with Crippen LogP contribution in [0.5, 0.6) is 0 Å². The third-order valence-corrected chi connectivity index (χ3v) is 7.02. The van der Waals surface area contributed by atoms with Gasteiger partial charge in [0, 0.05) is 40.1 Å². The fourth-order valence-corrected chi connectivity index (χ4v) is 5.51. The number of benzene rings is 4. The highest BCUT2D eigenvalue weighted by Gasteiger charge is 2.25. The molecule has 0 fully saturated rings. The van der Waals surface area contributed by atoms with Crippen molar-refractivity contribution in [3.05, 3.63) is 131 Å². The predicted molar refractivity (Wildman–Crippen MR) is 132 cm³/mol. The summed E-state index contributed by atoms with van der Waals surface area (Å²) in [5.41, 5.74) is 11.9. The average Bonchev–Trinajstić information content (AvgIpc) is 3.55. The predicted octanol–water partition coefficient (Wildman–Crippen LogP) is 7.40. The molecule has 7 rings (SSSR count). The molecule has 2 heterocycles.